The molecular formula is C21H25NO3. The Labute approximate surface area is 149 Å². The van der Waals surface area contributed by atoms with E-state index < -0.39 is 5.41 Å². The van der Waals surface area contributed by atoms with Gasteiger partial charge in [0.1, 0.15) is 12.0 Å². The van der Waals surface area contributed by atoms with Gasteiger partial charge in [-0.25, -0.2) is 0 Å². The van der Waals surface area contributed by atoms with Gasteiger partial charge in [0.05, 0.1) is 13.2 Å². The normalized spacial score (nSPS) is 15.7. The zero-order chi connectivity index (χ0) is 17.5. The van der Waals surface area contributed by atoms with Crippen LogP contribution in [-0.2, 0) is 19.7 Å². The first-order valence-corrected chi connectivity index (χ1v) is 8.79. The molecule has 0 radical (unpaired) electrons. The molecule has 0 saturated carbocycles. The van der Waals surface area contributed by atoms with Crippen LogP contribution < -0.4 is 0 Å². The van der Waals surface area contributed by atoms with Gasteiger partial charge in [-0.2, -0.15) is 0 Å². The van der Waals surface area contributed by atoms with Crippen molar-refractivity contribution in [3.8, 4) is 0 Å². The van der Waals surface area contributed by atoms with E-state index in [9.17, 15) is 4.79 Å². The smallest absolute Gasteiger partial charge is 0.320 e. The molecule has 0 unspecified atom stereocenters. The standard InChI is InChI=1S/C21H25NO3/c1-21(18-8-4-2-5-9-18,19-10-6-3-7-11-19)20(23)25-17-14-22-12-15-24-16-13-22/h2-11H,12-17H2,1H3. The molecule has 4 heteroatoms. The lowest BCUT2D eigenvalue weighted by molar-refractivity contribution is -0.149. The number of hydrogen-bond acceptors (Lipinski definition) is 4. The van der Waals surface area contributed by atoms with Gasteiger partial charge in [0, 0.05) is 19.6 Å². The van der Waals surface area contributed by atoms with Crippen LogP contribution in [0, 0.1) is 0 Å². The van der Waals surface area contributed by atoms with Gasteiger partial charge in [-0.3, -0.25) is 9.69 Å². The molecule has 1 aliphatic rings. The highest BCUT2D eigenvalue weighted by molar-refractivity contribution is 5.87. The topological polar surface area (TPSA) is 38.8 Å². The molecule has 0 bridgehead atoms. The van der Waals surface area contributed by atoms with Crippen LogP contribution in [0.15, 0.2) is 60.7 Å². The van der Waals surface area contributed by atoms with E-state index in [1.165, 1.54) is 0 Å². The summed E-state index contributed by atoms with van der Waals surface area (Å²) in [7, 11) is 0. The molecular weight excluding hydrogens is 314 g/mol. The Morgan fingerprint density at radius 2 is 1.52 bits per heavy atom. The number of nitrogens with zero attached hydrogens (tertiary/aromatic N) is 1. The fourth-order valence-corrected chi connectivity index (χ4v) is 3.18. The van der Waals surface area contributed by atoms with E-state index in [0.29, 0.717) is 6.61 Å². The molecule has 25 heavy (non-hydrogen) atoms. The number of benzene rings is 2. The van der Waals surface area contributed by atoms with Gasteiger partial charge in [0.2, 0.25) is 0 Å². The zero-order valence-corrected chi connectivity index (χ0v) is 14.7. The van der Waals surface area contributed by atoms with Crippen molar-refractivity contribution >= 4 is 5.97 Å². The Bertz CT molecular complexity index is 627. The van der Waals surface area contributed by atoms with Gasteiger partial charge in [0.25, 0.3) is 0 Å². The summed E-state index contributed by atoms with van der Waals surface area (Å²) in [5.41, 5.74) is 1.07. The maximum atomic E-state index is 13.0. The summed E-state index contributed by atoms with van der Waals surface area (Å²) in [5, 5.41) is 0. The van der Waals surface area contributed by atoms with Crippen molar-refractivity contribution in [1.82, 2.24) is 4.90 Å². The lowest BCUT2D eigenvalue weighted by atomic mass is 9.76. The zero-order valence-electron chi connectivity index (χ0n) is 14.7. The summed E-state index contributed by atoms with van der Waals surface area (Å²) in [4.78, 5) is 15.3. The average molecular weight is 339 g/mol. The van der Waals surface area contributed by atoms with Gasteiger partial charge in [0.15, 0.2) is 0 Å². The van der Waals surface area contributed by atoms with E-state index >= 15 is 0 Å². The van der Waals surface area contributed by atoms with Crippen LogP contribution in [0.2, 0.25) is 0 Å². The predicted octanol–water partition coefficient (Wildman–Crippen LogP) is 2.87. The number of esters is 1. The minimum Gasteiger partial charge on any atom is -0.463 e. The second-order valence-corrected chi connectivity index (χ2v) is 6.45. The Kier molecular flexibility index (Phi) is 5.84. The first-order valence-electron chi connectivity index (χ1n) is 8.79. The van der Waals surface area contributed by atoms with Gasteiger partial charge in [-0.15, -0.1) is 0 Å². The lowest BCUT2D eigenvalue weighted by Crippen LogP contribution is -2.40. The van der Waals surface area contributed by atoms with Crippen molar-refractivity contribution in [2.75, 3.05) is 39.5 Å². The Balaban J connectivity index is 1.74. The maximum Gasteiger partial charge on any atom is 0.320 e. The number of rotatable bonds is 6. The monoisotopic (exact) mass is 339 g/mol. The van der Waals surface area contributed by atoms with Crippen LogP contribution in [0.4, 0.5) is 0 Å². The molecule has 0 aromatic heterocycles. The third-order valence-electron chi connectivity index (χ3n) is 4.85. The highest BCUT2D eigenvalue weighted by atomic mass is 16.5. The number of morpholine rings is 1. The molecule has 0 atom stereocenters. The van der Waals surface area contributed by atoms with E-state index in [4.69, 9.17) is 9.47 Å². The number of ether oxygens (including phenoxy) is 2. The molecule has 2 aromatic carbocycles. The van der Waals surface area contributed by atoms with E-state index in [-0.39, 0.29) is 5.97 Å². The first kappa shape index (κ1) is 17.6. The summed E-state index contributed by atoms with van der Waals surface area (Å²) >= 11 is 0. The molecule has 1 saturated heterocycles. The summed E-state index contributed by atoms with van der Waals surface area (Å²) < 4.78 is 11.0. The Morgan fingerprint density at radius 3 is 2.04 bits per heavy atom. The largest absolute Gasteiger partial charge is 0.463 e. The van der Waals surface area contributed by atoms with Crippen molar-refractivity contribution in [3.05, 3.63) is 71.8 Å². The van der Waals surface area contributed by atoms with Gasteiger partial charge in [-0.05, 0) is 18.1 Å². The third-order valence-corrected chi connectivity index (χ3v) is 4.85. The SMILES string of the molecule is CC(C(=O)OCCN1CCOCC1)(c1ccccc1)c1ccccc1. The van der Waals surface area contributed by atoms with Crippen LogP contribution in [0.5, 0.6) is 0 Å². The van der Waals surface area contributed by atoms with E-state index in [0.717, 1.165) is 44.0 Å². The van der Waals surface area contributed by atoms with Crippen molar-refractivity contribution < 1.29 is 14.3 Å². The Hall–Kier alpha value is -2.17. The van der Waals surface area contributed by atoms with Crippen molar-refractivity contribution in [2.45, 2.75) is 12.3 Å². The van der Waals surface area contributed by atoms with Crippen LogP contribution >= 0.6 is 0 Å². The van der Waals surface area contributed by atoms with Crippen molar-refractivity contribution in [3.63, 3.8) is 0 Å². The molecule has 0 N–H and O–H groups in total. The quantitative estimate of drug-likeness (QED) is 0.759. The minimum absolute atomic E-state index is 0.210. The van der Waals surface area contributed by atoms with E-state index in [1.54, 1.807) is 0 Å². The summed E-state index contributed by atoms with van der Waals surface area (Å²) in [6, 6.07) is 19.7. The molecule has 1 aliphatic heterocycles. The fourth-order valence-electron chi connectivity index (χ4n) is 3.18. The molecule has 2 aromatic rings. The summed E-state index contributed by atoms with van der Waals surface area (Å²) in [6.45, 7) is 6.37. The van der Waals surface area contributed by atoms with Crippen molar-refractivity contribution in [2.24, 2.45) is 0 Å². The molecule has 4 nitrogen and oxygen atoms in total. The molecule has 3 rings (SSSR count). The predicted molar refractivity (Wildman–Crippen MR) is 97.6 cm³/mol. The fraction of sp³-hybridized carbons (Fsp3) is 0.381. The van der Waals surface area contributed by atoms with E-state index in [2.05, 4.69) is 4.90 Å². The number of carbonyl (C=O) groups is 1. The first-order chi connectivity index (χ1) is 12.2. The summed E-state index contributed by atoms with van der Waals surface area (Å²) in [6.07, 6.45) is 0. The second kappa shape index (κ2) is 8.28. The van der Waals surface area contributed by atoms with Crippen molar-refractivity contribution in [1.29, 1.82) is 0 Å². The van der Waals surface area contributed by atoms with Crippen LogP contribution in [0.1, 0.15) is 18.1 Å². The second-order valence-electron chi connectivity index (χ2n) is 6.45. The molecule has 0 amide bonds. The van der Waals surface area contributed by atoms with Crippen LogP contribution in [-0.4, -0.2) is 50.3 Å². The molecule has 0 aliphatic carbocycles. The Morgan fingerprint density at radius 1 is 1.00 bits per heavy atom. The minimum atomic E-state index is -0.812. The number of carbonyl (C=O) groups excluding carboxylic acids is 1. The molecule has 1 heterocycles. The third kappa shape index (κ3) is 4.09. The highest BCUT2D eigenvalue weighted by Crippen LogP contribution is 2.33. The lowest BCUT2D eigenvalue weighted by Gasteiger charge is -2.30. The van der Waals surface area contributed by atoms with E-state index in [1.807, 2.05) is 67.6 Å². The van der Waals surface area contributed by atoms with Gasteiger partial charge >= 0.3 is 5.97 Å². The molecule has 132 valence electrons. The number of hydrogen-bond donors (Lipinski definition) is 0. The molecule has 1 fully saturated rings. The maximum absolute atomic E-state index is 13.0. The average Bonchev–Trinajstić information content (AvgIpc) is 2.69. The summed E-state index contributed by atoms with van der Waals surface area (Å²) in [5.74, 6) is -0.210. The highest BCUT2D eigenvalue weighted by Gasteiger charge is 2.38. The molecule has 0 spiro atoms. The van der Waals surface area contributed by atoms with Gasteiger partial charge in [-0.1, -0.05) is 60.7 Å². The van der Waals surface area contributed by atoms with Gasteiger partial charge < -0.3 is 9.47 Å². The van der Waals surface area contributed by atoms with Crippen LogP contribution in [0.25, 0.3) is 0 Å². The van der Waals surface area contributed by atoms with Crippen LogP contribution in [0.3, 0.4) is 0 Å².